The molecule has 0 unspecified atom stereocenters. The number of nitrogens with zero attached hydrogens (tertiary/aromatic N) is 2. The van der Waals surface area contributed by atoms with Crippen LogP contribution in [0.5, 0.6) is 0 Å². The highest BCUT2D eigenvalue weighted by atomic mass is 32.1. The number of anilines is 1. The van der Waals surface area contributed by atoms with E-state index in [0.717, 1.165) is 9.88 Å². The quantitative estimate of drug-likeness (QED) is 0.652. The molecule has 1 amide bonds. The van der Waals surface area contributed by atoms with Gasteiger partial charge in [0.2, 0.25) is 0 Å². The second-order valence-electron chi connectivity index (χ2n) is 4.27. The van der Waals surface area contributed by atoms with Gasteiger partial charge in [0.1, 0.15) is 5.69 Å². The van der Waals surface area contributed by atoms with Crippen molar-refractivity contribution in [1.29, 1.82) is 0 Å². The van der Waals surface area contributed by atoms with Gasteiger partial charge >= 0.3 is 0 Å². The molecule has 1 heterocycles. The summed E-state index contributed by atoms with van der Waals surface area (Å²) in [5, 5.41) is 17.5. The Balaban J connectivity index is 2.22. The standard InChI is InChI=1S/C13H14N4O3S/c1-8-15-6-10(21-8)7-16-11-4-3-9(13(18)14-2)5-12(11)17(19)20/h3-6,16H,7H2,1-2H3,(H,14,18). The van der Waals surface area contributed by atoms with Gasteiger partial charge in [-0.2, -0.15) is 0 Å². The van der Waals surface area contributed by atoms with Crippen LogP contribution in [0.2, 0.25) is 0 Å². The molecule has 8 heteroatoms. The van der Waals surface area contributed by atoms with Crippen molar-refractivity contribution in [3.05, 3.63) is 50.0 Å². The normalized spacial score (nSPS) is 10.2. The Labute approximate surface area is 125 Å². The number of nitro benzene ring substituents is 1. The second-order valence-corrected chi connectivity index (χ2v) is 5.59. The maximum Gasteiger partial charge on any atom is 0.293 e. The van der Waals surface area contributed by atoms with E-state index < -0.39 is 4.92 Å². The summed E-state index contributed by atoms with van der Waals surface area (Å²) in [7, 11) is 1.48. The van der Waals surface area contributed by atoms with Gasteiger partial charge in [0.05, 0.1) is 16.5 Å². The molecule has 2 aromatic rings. The molecule has 0 radical (unpaired) electrons. The average molecular weight is 306 g/mol. The molecule has 0 bridgehead atoms. The van der Waals surface area contributed by atoms with E-state index in [0.29, 0.717) is 12.2 Å². The number of carbonyl (C=O) groups is 1. The second kappa shape index (κ2) is 6.31. The predicted octanol–water partition coefficient (Wildman–Crippen LogP) is 2.33. The van der Waals surface area contributed by atoms with Gasteiger partial charge in [0, 0.05) is 29.8 Å². The van der Waals surface area contributed by atoms with Gasteiger partial charge in [0.25, 0.3) is 11.6 Å². The summed E-state index contributed by atoms with van der Waals surface area (Å²) in [6, 6.07) is 4.35. The van der Waals surface area contributed by atoms with E-state index in [4.69, 9.17) is 0 Å². The molecule has 1 aromatic heterocycles. The number of nitrogens with one attached hydrogen (secondary N) is 2. The SMILES string of the molecule is CNC(=O)c1ccc(NCc2cnc(C)s2)c([N+](=O)[O-])c1. The van der Waals surface area contributed by atoms with E-state index >= 15 is 0 Å². The summed E-state index contributed by atoms with van der Waals surface area (Å²) in [6.45, 7) is 2.35. The highest BCUT2D eigenvalue weighted by molar-refractivity contribution is 7.11. The molecule has 2 rings (SSSR count). The molecule has 0 fully saturated rings. The van der Waals surface area contributed by atoms with Crippen molar-refractivity contribution >= 4 is 28.6 Å². The van der Waals surface area contributed by atoms with Crippen LogP contribution in [0.25, 0.3) is 0 Å². The molecule has 7 nitrogen and oxygen atoms in total. The monoisotopic (exact) mass is 306 g/mol. The summed E-state index contributed by atoms with van der Waals surface area (Å²) in [5.41, 5.74) is 0.499. The van der Waals surface area contributed by atoms with Crippen molar-refractivity contribution in [2.45, 2.75) is 13.5 Å². The topological polar surface area (TPSA) is 97.2 Å². The maximum absolute atomic E-state index is 11.5. The van der Waals surface area contributed by atoms with E-state index in [1.807, 2.05) is 6.92 Å². The van der Waals surface area contributed by atoms with Crippen molar-refractivity contribution in [2.24, 2.45) is 0 Å². The van der Waals surface area contributed by atoms with Gasteiger partial charge in [-0.25, -0.2) is 4.98 Å². The number of carbonyl (C=O) groups excluding carboxylic acids is 1. The van der Waals surface area contributed by atoms with E-state index in [9.17, 15) is 14.9 Å². The first-order chi connectivity index (χ1) is 10.0. The van der Waals surface area contributed by atoms with E-state index in [2.05, 4.69) is 15.6 Å². The predicted molar refractivity (Wildman–Crippen MR) is 80.7 cm³/mol. The molecule has 0 atom stereocenters. The molecule has 2 N–H and O–H groups in total. The average Bonchev–Trinajstić information content (AvgIpc) is 2.89. The van der Waals surface area contributed by atoms with Crippen LogP contribution < -0.4 is 10.6 Å². The Kier molecular flexibility index (Phi) is 4.49. The lowest BCUT2D eigenvalue weighted by Gasteiger charge is -2.07. The van der Waals surface area contributed by atoms with Crippen LogP contribution in [0.1, 0.15) is 20.2 Å². The molecule has 110 valence electrons. The molecule has 0 aliphatic rings. The summed E-state index contributed by atoms with van der Waals surface area (Å²) in [4.78, 5) is 27.2. The number of hydrogen-bond donors (Lipinski definition) is 2. The molecular weight excluding hydrogens is 292 g/mol. The molecule has 0 saturated heterocycles. The zero-order chi connectivity index (χ0) is 15.4. The van der Waals surface area contributed by atoms with Gasteiger partial charge in [-0.3, -0.25) is 14.9 Å². The molecule has 0 aliphatic heterocycles. The first-order valence-electron chi connectivity index (χ1n) is 6.17. The molecule has 0 aliphatic carbocycles. The van der Waals surface area contributed by atoms with Crippen LogP contribution >= 0.6 is 11.3 Å². The number of amides is 1. The Bertz CT molecular complexity index is 684. The van der Waals surface area contributed by atoms with Crippen LogP contribution in [0.3, 0.4) is 0 Å². The molecule has 0 saturated carbocycles. The number of rotatable bonds is 5. The van der Waals surface area contributed by atoms with Crippen molar-refractivity contribution in [3.63, 3.8) is 0 Å². The molecular formula is C13H14N4O3S. The summed E-state index contributed by atoms with van der Waals surface area (Å²) < 4.78 is 0. The fourth-order valence-electron chi connectivity index (χ4n) is 1.79. The number of aryl methyl sites for hydroxylation is 1. The number of benzene rings is 1. The minimum absolute atomic E-state index is 0.127. The number of hydrogen-bond acceptors (Lipinski definition) is 6. The molecule has 21 heavy (non-hydrogen) atoms. The third-order valence-corrected chi connectivity index (χ3v) is 3.72. The van der Waals surface area contributed by atoms with Gasteiger partial charge < -0.3 is 10.6 Å². The lowest BCUT2D eigenvalue weighted by molar-refractivity contribution is -0.384. The zero-order valence-corrected chi connectivity index (χ0v) is 12.4. The van der Waals surface area contributed by atoms with Crippen LogP contribution in [-0.4, -0.2) is 22.9 Å². The van der Waals surface area contributed by atoms with E-state index in [-0.39, 0.29) is 17.2 Å². The number of aromatic nitrogens is 1. The Morgan fingerprint density at radius 1 is 1.48 bits per heavy atom. The van der Waals surface area contributed by atoms with Crippen LogP contribution in [-0.2, 0) is 6.54 Å². The fraction of sp³-hybridized carbons (Fsp3) is 0.231. The Hall–Kier alpha value is -2.48. The summed E-state index contributed by atoms with van der Waals surface area (Å²) in [6.07, 6.45) is 1.73. The van der Waals surface area contributed by atoms with Gasteiger partial charge in [0.15, 0.2) is 0 Å². The third kappa shape index (κ3) is 3.54. The summed E-state index contributed by atoms with van der Waals surface area (Å²) in [5.74, 6) is -0.359. The van der Waals surface area contributed by atoms with Gasteiger partial charge in [-0.05, 0) is 19.1 Å². The largest absolute Gasteiger partial charge is 0.375 e. The smallest absolute Gasteiger partial charge is 0.293 e. The lowest BCUT2D eigenvalue weighted by Crippen LogP contribution is -2.18. The highest BCUT2D eigenvalue weighted by Crippen LogP contribution is 2.26. The zero-order valence-electron chi connectivity index (χ0n) is 11.5. The first-order valence-corrected chi connectivity index (χ1v) is 6.98. The Morgan fingerprint density at radius 3 is 2.81 bits per heavy atom. The molecule has 0 spiro atoms. The van der Waals surface area contributed by atoms with Crippen molar-refractivity contribution < 1.29 is 9.72 Å². The fourth-order valence-corrected chi connectivity index (χ4v) is 2.52. The molecule has 1 aromatic carbocycles. The third-order valence-electron chi connectivity index (χ3n) is 2.81. The van der Waals surface area contributed by atoms with Crippen LogP contribution in [0.15, 0.2) is 24.4 Å². The highest BCUT2D eigenvalue weighted by Gasteiger charge is 2.17. The minimum Gasteiger partial charge on any atom is -0.375 e. The van der Waals surface area contributed by atoms with Crippen molar-refractivity contribution in [1.82, 2.24) is 10.3 Å². The van der Waals surface area contributed by atoms with Crippen LogP contribution in [0.4, 0.5) is 11.4 Å². The van der Waals surface area contributed by atoms with Crippen molar-refractivity contribution in [2.75, 3.05) is 12.4 Å². The van der Waals surface area contributed by atoms with E-state index in [1.165, 1.54) is 30.5 Å². The van der Waals surface area contributed by atoms with E-state index in [1.54, 1.807) is 12.3 Å². The lowest BCUT2D eigenvalue weighted by atomic mass is 10.1. The minimum atomic E-state index is -0.507. The summed E-state index contributed by atoms with van der Waals surface area (Å²) >= 11 is 1.53. The van der Waals surface area contributed by atoms with Crippen LogP contribution in [0, 0.1) is 17.0 Å². The Morgan fingerprint density at radius 2 is 2.24 bits per heavy atom. The van der Waals surface area contributed by atoms with Gasteiger partial charge in [-0.1, -0.05) is 0 Å². The number of nitro groups is 1. The first kappa shape index (κ1) is 14.9. The van der Waals surface area contributed by atoms with Gasteiger partial charge in [-0.15, -0.1) is 11.3 Å². The maximum atomic E-state index is 11.5. The number of thiazole rings is 1. The van der Waals surface area contributed by atoms with Crippen molar-refractivity contribution in [3.8, 4) is 0 Å².